The Labute approximate surface area is 103 Å². The van der Waals surface area contributed by atoms with Gasteiger partial charge in [0.05, 0.1) is 19.1 Å². The number of hydrogen-bond acceptors (Lipinski definition) is 4. The van der Waals surface area contributed by atoms with Crippen molar-refractivity contribution in [3.05, 3.63) is 0 Å². The Morgan fingerprint density at radius 3 is 2.47 bits per heavy atom. The number of carboxylic acids is 1. The van der Waals surface area contributed by atoms with Crippen LogP contribution < -0.4 is 5.32 Å². The summed E-state index contributed by atoms with van der Waals surface area (Å²) in [7, 11) is 0. The summed E-state index contributed by atoms with van der Waals surface area (Å²) in [5.41, 5.74) is 0. The van der Waals surface area contributed by atoms with Gasteiger partial charge in [0, 0.05) is 31.7 Å². The third-order valence-corrected chi connectivity index (χ3v) is 3.32. The molecule has 0 spiro atoms. The molecule has 1 fully saturated rings. The maximum absolute atomic E-state index is 10.8. The molecule has 0 amide bonds. The average molecular weight is 244 g/mol. The van der Waals surface area contributed by atoms with E-state index in [4.69, 9.17) is 9.84 Å². The molecule has 1 aliphatic heterocycles. The minimum Gasteiger partial charge on any atom is -0.481 e. The first kappa shape index (κ1) is 14.4. The molecule has 2 N–H and O–H groups in total. The highest BCUT2D eigenvalue weighted by Crippen LogP contribution is 2.05. The van der Waals surface area contributed by atoms with Crippen LogP contribution in [0.1, 0.15) is 20.8 Å². The van der Waals surface area contributed by atoms with Crippen molar-refractivity contribution in [1.82, 2.24) is 10.2 Å². The number of nitrogens with zero attached hydrogens (tertiary/aromatic N) is 1. The molecule has 17 heavy (non-hydrogen) atoms. The van der Waals surface area contributed by atoms with Crippen LogP contribution in [0.15, 0.2) is 0 Å². The van der Waals surface area contributed by atoms with Crippen LogP contribution in [-0.2, 0) is 9.53 Å². The fourth-order valence-corrected chi connectivity index (χ4v) is 2.03. The second-order valence-electron chi connectivity index (χ2n) is 4.90. The minimum absolute atomic E-state index is 0.0106. The maximum atomic E-state index is 10.8. The van der Waals surface area contributed by atoms with Crippen molar-refractivity contribution in [2.24, 2.45) is 5.92 Å². The van der Waals surface area contributed by atoms with Crippen LogP contribution in [0.4, 0.5) is 0 Å². The molecular weight excluding hydrogens is 220 g/mol. The molecule has 0 radical (unpaired) electrons. The molecule has 3 unspecified atom stereocenters. The molecule has 0 aromatic rings. The van der Waals surface area contributed by atoms with Gasteiger partial charge in [-0.3, -0.25) is 9.69 Å². The second kappa shape index (κ2) is 6.93. The summed E-state index contributed by atoms with van der Waals surface area (Å²) in [4.78, 5) is 13.2. The molecule has 100 valence electrons. The normalized spacial score (nSPS) is 23.0. The van der Waals surface area contributed by atoms with E-state index < -0.39 is 5.97 Å². The summed E-state index contributed by atoms with van der Waals surface area (Å²) in [6.45, 7) is 10.2. The SMILES string of the molecule is CC(CN1CCOCC1)NC(C)C(C)C(=O)O. The van der Waals surface area contributed by atoms with E-state index in [1.807, 2.05) is 6.92 Å². The number of hydrogen-bond donors (Lipinski definition) is 2. The molecule has 1 heterocycles. The predicted octanol–water partition coefficient (Wildman–Crippen LogP) is 0.406. The Morgan fingerprint density at radius 1 is 1.35 bits per heavy atom. The van der Waals surface area contributed by atoms with Crippen molar-refractivity contribution >= 4 is 5.97 Å². The molecule has 0 aromatic carbocycles. The highest BCUT2D eigenvalue weighted by molar-refractivity contribution is 5.70. The average Bonchev–Trinajstić information content (AvgIpc) is 2.28. The van der Waals surface area contributed by atoms with Gasteiger partial charge in [-0.25, -0.2) is 0 Å². The second-order valence-corrected chi connectivity index (χ2v) is 4.90. The molecule has 0 saturated carbocycles. The molecular formula is C12H24N2O3. The van der Waals surface area contributed by atoms with Gasteiger partial charge in [0.2, 0.25) is 0 Å². The van der Waals surface area contributed by atoms with Crippen LogP contribution in [0, 0.1) is 5.92 Å². The number of nitrogens with one attached hydrogen (secondary N) is 1. The molecule has 5 nitrogen and oxygen atoms in total. The van der Waals surface area contributed by atoms with Crippen LogP contribution in [0.2, 0.25) is 0 Å². The van der Waals surface area contributed by atoms with Crippen LogP contribution in [0.5, 0.6) is 0 Å². The zero-order valence-corrected chi connectivity index (χ0v) is 11.0. The summed E-state index contributed by atoms with van der Waals surface area (Å²) in [5.74, 6) is -1.11. The number of carbonyl (C=O) groups is 1. The standard InChI is InChI=1S/C12H24N2O3/c1-9(8-14-4-6-17-7-5-14)13-11(3)10(2)12(15)16/h9-11,13H,4-8H2,1-3H3,(H,15,16). The number of morpholine rings is 1. The zero-order valence-electron chi connectivity index (χ0n) is 11.0. The first-order valence-electron chi connectivity index (χ1n) is 6.29. The number of carboxylic acid groups (broad SMARTS) is 1. The van der Waals surface area contributed by atoms with Gasteiger partial charge in [-0.2, -0.15) is 0 Å². The number of aliphatic carboxylic acids is 1. The van der Waals surface area contributed by atoms with E-state index >= 15 is 0 Å². The Balaban J connectivity index is 2.27. The zero-order chi connectivity index (χ0) is 12.8. The van der Waals surface area contributed by atoms with Crippen molar-refractivity contribution < 1.29 is 14.6 Å². The lowest BCUT2D eigenvalue weighted by Gasteiger charge is -2.31. The van der Waals surface area contributed by atoms with E-state index in [0.717, 1.165) is 32.8 Å². The summed E-state index contributed by atoms with van der Waals surface area (Å²) in [6.07, 6.45) is 0. The van der Waals surface area contributed by atoms with Gasteiger partial charge in [0.1, 0.15) is 0 Å². The highest BCUT2D eigenvalue weighted by atomic mass is 16.5. The quantitative estimate of drug-likeness (QED) is 0.708. The summed E-state index contributed by atoms with van der Waals surface area (Å²) < 4.78 is 5.29. The maximum Gasteiger partial charge on any atom is 0.307 e. The third-order valence-electron chi connectivity index (χ3n) is 3.32. The van der Waals surface area contributed by atoms with Crippen molar-refractivity contribution in [2.75, 3.05) is 32.8 Å². The van der Waals surface area contributed by atoms with Crippen molar-refractivity contribution in [3.8, 4) is 0 Å². The van der Waals surface area contributed by atoms with Gasteiger partial charge in [-0.1, -0.05) is 6.92 Å². The first-order valence-corrected chi connectivity index (χ1v) is 6.29. The minimum atomic E-state index is -0.747. The van der Waals surface area contributed by atoms with E-state index in [1.54, 1.807) is 6.92 Å². The third kappa shape index (κ3) is 5.02. The molecule has 0 aromatic heterocycles. The van der Waals surface area contributed by atoms with Crippen LogP contribution >= 0.6 is 0 Å². The van der Waals surface area contributed by atoms with E-state index in [1.165, 1.54) is 0 Å². The molecule has 3 atom stereocenters. The lowest BCUT2D eigenvalue weighted by Crippen LogP contribution is -2.48. The van der Waals surface area contributed by atoms with Crippen LogP contribution in [-0.4, -0.2) is 60.9 Å². The highest BCUT2D eigenvalue weighted by Gasteiger charge is 2.21. The fraction of sp³-hybridized carbons (Fsp3) is 0.917. The first-order chi connectivity index (χ1) is 8.00. The van der Waals surface area contributed by atoms with Crippen molar-refractivity contribution in [3.63, 3.8) is 0 Å². The van der Waals surface area contributed by atoms with Crippen LogP contribution in [0.25, 0.3) is 0 Å². The van der Waals surface area contributed by atoms with E-state index in [0.29, 0.717) is 6.04 Å². The Bertz CT molecular complexity index is 242. The predicted molar refractivity (Wildman–Crippen MR) is 66.1 cm³/mol. The monoisotopic (exact) mass is 244 g/mol. The lowest BCUT2D eigenvalue weighted by atomic mass is 10.0. The van der Waals surface area contributed by atoms with Crippen molar-refractivity contribution in [1.29, 1.82) is 0 Å². The lowest BCUT2D eigenvalue weighted by molar-refractivity contribution is -0.142. The van der Waals surface area contributed by atoms with E-state index in [-0.39, 0.29) is 12.0 Å². The van der Waals surface area contributed by atoms with E-state index in [2.05, 4.69) is 17.1 Å². The molecule has 5 heteroatoms. The van der Waals surface area contributed by atoms with Crippen molar-refractivity contribution in [2.45, 2.75) is 32.9 Å². The van der Waals surface area contributed by atoms with Gasteiger partial charge in [-0.15, -0.1) is 0 Å². The van der Waals surface area contributed by atoms with E-state index in [9.17, 15) is 4.79 Å². The molecule has 1 rings (SSSR count). The smallest absolute Gasteiger partial charge is 0.307 e. The fourth-order valence-electron chi connectivity index (χ4n) is 2.03. The summed E-state index contributed by atoms with van der Waals surface area (Å²) in [5, 5.41) is 12.3. The Kier molecular flexibility index (Phi) is 5.88. The number of rotatable bonds is 6. The van der Waals surface area contributed by atoms with Gasteiger partial charge in [0.25, 0.3) is 0 Å². The largest absolute Gasteiger partial charge is 0.481 e. The molecule has 0 bridgehead atoms. The molecule has 1 aliphatic rings. The van der Waals surface area contributed by atoms with Gasteiger partial charge < -0.3 is 15.2 Å². The number of ether oxygens (including phenoxy) is 1. The van der Waals surface area contributed by atoms with Gasteiger partial charge >= 0.3 is 5.97 Å². The van der Waals surface area contributed by atoms with Gasteiger partial charge in [0.15, 0.2) is 0 Å². The van der Waals surface area contributed by atoms with Gasteiger partial charge in [-0.05, 0) is 13.8 Å². The Hall–Kier alpha value is -0.650. The topological polar surface area (TPSA) is 61.8 Å². The van der Waals surface area contributed by atoms with Crippen LogP contribution in [0.3, 0.4) is 0 Å². The molecule has 0 aliphatic carbocycles. The summed E-state index contributed by atoms with van der Waals surface area (Å²) >= 11 is 0. The molecule has 1 saturated heterocycles. The summed E-state index contributed by atoms with van der Waals surface area (Å²) in [6, 6.07) is 0.286. The Morgan fingerprint density at radius 2 is 1.94 bits per heavy atom.